The Morgan fingerprint density at radius 2 is 1.82 bits per heavy atom. The molecule has 1 aromatic rings. The van der Waals surface area contributed by atoms with Crippen molar-refractivity contribution in [3.05, 3.63) is 41.7 Å². The zero-order chi connectivity index (χ0) is 16.7. The van der Waals surface area contributed by atoms with Crippen LogP contribution in [0.3, 0.4) is 0 Å². The summed E-state index contributed by atoms with van der Waals surface area (Å²) in [5, 5.41) is 9.13. The van der Waals surface area contributed by atoms with Gasteiger partial charge in [-0.25, -0.2) is 4.39 Å². The maximum Gasteiger partial charge on any atom is 0.247 e. The van der Waals surface area contributed by atoms with E-state index in [9.17, 15) is 14.0 Å². The van der Waals surface area contributed by atoms with Gasteiger partial charge < -0.3 is 4.90 Å². The molecular weight excluding hydrogens is 283 g/mol. The first-order valence-electron chi connectivity index (χ1n) is 7.11. The van der Waals surface area contributed by atoms with E-state index in [0.717, 1.165) is 0 Å². The van der Waals surface area contributed by atoms with Gasteiger partial charge in [0.25, 0.3) is 0 Å². The number of nitrogens with zero attached hydrogens (tertiary/aromatic N) is 2. The van der Waals surface area contributed by atoms with Crippen molar-refractivity contribution in [3.63, 3.8) is 0 Å². The molecule has 0 saturated carbocycles. The number of amides is 1. The van der Waals surface area contributed by atoms with E-state index in [1.54, 1.807) is 39.0 Å². The molecule has 0 aliphatic carbocycles. The summed E-state index contributed by atoms with van der Waals surface area (Å²) in [5.41, 5.74) is 1.25. The third-order valence-corrected chi connectivity index (χ3v) is 3.39. The van der Waals surface area contributed by atoms with Crippen LogP contribution in [-0.4, -0.2) is 29.7 Å². The molecule has 0 bridgehead atoms. The minimum atomic E-state index is -1.34. The molecule has 0 spiro atoms. The molecule has 1 atom stereocenters. The minimum absolute atomic E-state index is 0.366. The number of carbonyl (C=O) groups is 2. The number of ketones is 1. The standard InChI is InChI=1S/C17H19FN2O2/c1-4-20(5-2)17(22)15(11-19)16(21)10-12(3)13-6-8-14(18)9-7-13/h6-10,15H,4-5H2,1-3H3/b12-10+/t15-/m1/s1. The second-order valence-electron chi connectivity index (χ2n) is 4.81. The number of allylic oxidation sites excluding steroid dienone is 2. The van der Waals surface area contributed by atoms with Crippen molar-refractivity contribution >= 4 is 17.3 Å². The van der Waals surface area contributed by atoms with E-state index < -0.39 is 17.6 Å². The van der Waals surface area contributed by atoms with Gasteiger partial charge in [-0.05, 0) is 50.1 Å². The molecule has 0 saturated heterocycles. The highest BCUT2D eigenvalue weighted by molar-refractivity contribution is 6.11. The first-order valence-corrected chi connectivity index (χ1v) is 7.11. The fourth-order valence-corrected chi connectivity index (χ4v) is 2.05. The predicted octanol–water partition coefficient (Wildman–Crippen LogP) is 2.81. The highest BCUT2D eigenvalue weighted by Gasteiger charge is 2.28. The third kappa shape index (κ3) is 4.26. The van der Waals surface area contributed by atoms with Crippen LogP contribution < -0.4 is 0 Å². The predicted molar refractivity (Wildman–Crippen MR) is 82.1 cm³/mol. The van der Waals surface area contributed by atoms with Crippen LogP contribution in [0.25, 0.3) is 5.57 Å². The fraction of sp³-hybridized carbons (Fsp3) is 0.353. The zero-order valence-electron chi connectivity index (χ0n) is 13.0. The van der Waals surface area contributed by atoms with Gasteiger partial charge in [0.15, 0.2) is 11.7 Å². The van der Waals surface area contributed by atoms with Crippen LogP contribution in [-0.2, 0) is 9.59 Å². The van der Waals surface area contributed by atoms with Gasteiger partial charge in [-0.3, -0.25) is 9.59 Å². The van der Waals surface area contributed by atoms with E-state index in [-0.39, 0.29) is 5.82 Å². The largest absolute Gasteiger partial charge is 0.342 e. The van der Waals surface area contributed by atoms with Crippen LogP contribution in [0.2, 0.25) is 0 Å². The van der Waals surface area contributed by atoms with Crippen molar-refractivity contribution in [1.29, 1.82) is 5.26 Å². The van der Waals surface area contributed by atoms with Gasteiger partial charge in [0.1, 0.15) is 5.82 Å². The maximum absolute atomic E-state index is 12.9. The molecule has 5 heteroatoms. The van der Waals surface area contributed by atoms with E-state index in [0.29, 0.717) is 24.2 Å². The fourth-order valence-electron chi connectivity index (χ4n) is 2.05. The highest BCUT2D eigenvalue weighted by atomic mass is 19.1. The van der Waals surface area contributed by atoms with Crippen LogP contribution in [0, 0.1) is 23.1 Å². The second-order valence-corrected chi connectivity index (χ2v) is 4.81. The number of hydrogen-bond donors (Lipinski definition) is 0. The van der Waals surface area contributed by atoms with Gasteiger partial charge in [0.2, 0.25) is 5.91 Å². The van der Waals surface area contributed by atoms with Crippen LogP contribution in [0.4, 0.5) is 4.39 Å². The van der Waals surface area contributed by atoms with Crippen molar-refractivity contribution in [1.82, 2.24) is 4.90 Å². The van der Waals surface area contributed by atoms with E-state index in [4.69, 9.17) is 5.26 Å². The molecule has 0 aliphatic heterocycles. The van der Waals surface area contributed by atoms with E-state index >= 15 is 0 Å². The summed E-state index contributed by atoms with van der Waals surface area (Å²) in [4.78, 5) is 25.8. The normalized spacial score (nSPS) is 12.4. The Hall–Kier alpha value is -2.48. The smallest absolute Gasteiger partial charge is 0.247 e. The third-order valence-electron chi connectivity index (χ3n) is 3.39. The number of halogens is 1. The molecule has 0 unspecified atom stereocenters. The van der Waals surface area contributed by atoms with Gasteiger partial charge in [-0.1, -0.05) is 12.1 Å². The molecule has 4 nitrogen and oxygen atoms in total. The monoisotopic (exact) mass is 302 g/mol. The summed E-state index contributed by atoms with van der Waals surface area (Å²) in [6.45, 7) is 6.16. The Balaban J connectivity index is 2.97. The Morgan fingerprint density at radius 1 is 1.27 bits per heavy atom. The molecule has 0 fully saturated rings. The summed E-state index contributed by atoms with van der Waals surface area (Å²) in [6.07, 6.45) is 1.27. The minimum Gasteiger partial charge on any atom is -0.342 e. The summed E-state index contributed by atoms with van der Waals surface area (Å²) >= 11 is 0. The van der Waals surface area contributed by atoms with Gasteiger partial charge >= 0.3 is 0 Å². The SMILES string of the molecule is CCN(CC)C(=O)[C@H](C#N)C(=O)/C=C(\C)c1ccc(F)cc1. The number of carbonyl (C=O) groups excluding carboxylic acids is 2. The lowest BCUT2D eigenvalue weighted by atomic mass is 9.99. The van der Waals surface area contributed by atoms with Crippen molar-refractivity contribution in [2.75, 3.05) is 13.1 Å². The first-order chi connectivity index (χ1) is 10.4. The number of hydrogen-bond acceptors (Lipinski definition) is 3. The van der Waals surface area contributed by atoms with Crippen LogP contribution in [0.5, 0.6) is 0 Å². The molecule has 0 N–H and O–H groups in total. The van der Waals surface area contributed by atoms with Crippen LogP contribution >= 0.6 is 0 Å². The van der Waals surface area contributed by atoms with Crippen molar-refractivity contribution in [3.8, 4) is 6.07 Å². The average molecular weight is 302 g/mol. The topological polar surface area (TPSA) is 61.2 Å². The molecule has 0 aliphatic rings. The Morgan fingerprint density at radius 3 is 2.27 bits per heavy atom. The summed E-state index contributed by atoms with van der Waals surface area (Å²) in [7, 11) is 0. The van der Waals surface area contributed by atoms with Crippen LogP contribution in [0.1, 0.15) is 26.3 Å². The molecule has 0 aromatic heterocycles. The summed E-state index contributed by atoms with van der Waals surface area (Å²) < 4.78 is 12.9. The van der Waals surface area contributed by atoms with Gasteiger partial charge in [-0.2, -0.15) is 5.26 Å². The molecule has 116 valence electrons. The van der Waals surface area contributed by atoms with Gasteiger partial charge in [0, 0.05) is 13.1 Å². The lowest BCUT2D eigenvalue weighted by molar-refractivity contribution is -0.137. The quantitative estimate of drug-likeness (QED) is 0.599. The van der Waals surface area contributed by atoms with Crippen molar-refractivity contribution in [2.45, 2.75) is 20.8 Å². The lowest BCUT2D eigenvalue weighted by Crippen LogP contribution is -2.38. The molecule has 0 heterocycles. The lowest BCUT2D eigenvalue weighted by Gasteiger charge is -2.20. The van der Waals surface area contributed by atoms with E-state index in [1.165, 1.54) is 23.1 Å². The molecular formula is C17H19FN2O2. The van der Waals surface area contributed by atoms with E-state index in [1.807, 2.05) is 0 Å². The second kappa shape index (κ2) is 8.08. The Bertz CT molecular complexity index is 611. The number of benzene rings is 1. The highest BCUT2D eigenvalue weighted by Crippen LogP contribution is 2.16. The summed E-state index contributed by atoms with van der Waals surface area (Å²) in [5.74, 6) is -2.74. The Kier molecular flexibility index (Phi) is 6.46. The van der Waals surface area contributed by atoms with Crippen LogP contribution in [0.15, 0.2) is 30.3 Å². The zero-order valence-corrected chi connectivity index (χ0v) is 13.0. The molecule has 1 rings (SSSR count). The average Bonchev–Trinajstić information content (AvgIpc) is 2.49. The van der Waals surface area contributed by atoms with Gasteiger partial charge in [-0.15, -0.1) is 0 Å². The maximum atomic E-state index is 12.9. The molecule has 1 aromatic carbocycles. The number of nitriles is 1. The molecule has 22 heavy (non-hydrogen) atoms. The molecule has 0 radical (unpaired) electrons. The van der Waals surface area contributed by atoms with Gasteiger partial charge in [0.05, 0.1) is 6.07 Å². The van der Waals surface area contributed by atoms with Crippen molar-refractivity contribution in [2.24, 2.45) is 5.92 Å². The van der Waals surface area contributed by atoms with E-state index in [2.05, 4.69) is 0 Å². The number of rotatable bonds is 6. The molecule has 1 amide bonds. The van der Waals surface area contributed by atoms with Crippen molar-refractivity contribution < 1.29 is 14.0 Å². The Labute approximate surface area is 129 Å². The first kappa shape index (κ1) is 17.6. The summed E-state index contributed by atoms with van der Waals surface area (Å²) in [6, 6.07) is 7.44.